The van der Waals surface area contributed by atoms with Crippen molar-refractivity contribution in [3.63, 3.8) is 0 Å². The molecule has 0 N–H and O–H groups in total. The highest BCUT2D eigenvalue weighted by atomic mass is 19.1. The van der Waals surface area contributed by atoms with Crippen molar-refractivity contribution in [2.75, 3.05) is 7.11 Å². The summed E-state index contributed by atoms with van der Waals surface area (Å²) in [6.07, 6.45) is 1.66. The van der Waals surface area contributed by atoms with E-state index in [0.29, 0.717) is 16.9 Å². The number of halogens is 1. The van der Waals surface area contributed by atoms with Crippen LogP contribution in [0.15, 0.2) is 54.6 Å². The first-order valence-corrected chi connectivity index (χ1v) is 7.32. The predicted octanol–water partition coefficient (Wildman–Crippen LogP) is 3.66. The van der Waals surface area contributed by atoms with Crippen LogP contribution in [0.4, 0.5) is 4.39 Å². The van der Waals surface area contributed by atoms with Crippen LogP contribution in [0.1, 0.15) is 22.8 Å². The lowest BCUT2D eigenvalue weighted by atomic mass is 10.1. The summed E-state index contributed by atoms with van der Waals surface area (Å²) in [5, 5.41) is 0. The maximum atomic E-state index is 13.0. The fourth-order valence-electron chi connectivity index (χ4n) is 2.03. The van der Waals surface area contributed by atoms with Crippen LogP contribution in [0, 0.1) is 5.82 Å². The molecule has 0 radical (unpaired) electrons. The summed E-state index contributed by atoms with van der Waals surface area (Å²) < 4.78 is 23.1. The van der Waals surface area contributed by atoms with E-state index < -0.39 is 17.9 Å². The Morgan fingerprint density at radius 3 is 2.46 bits per heavy atom. The van der Waals surface area contributed by atoms with Gasteiger partial charge in [0.15, 0.2) is 6.10 Å². The molecule has 2 aromatic rings. The average Bonchev–Trinajstić information content (AvgIpc) is 2.59. The van der Waals surface area contributed by atoms with Crippen molar-refractivity contribution in [2.45, 2.75) is 13.0 Å². The van der Waals surface area contributed by atoms with Gasteiger partial charge in [-0.25, -0.2) is 9.18 Å². The molecule has 0 saturated heterocycles. The summed E-state index contributed by atoms with van der Waals surface area (Å²) in [6, 6.07) is 12.3. The molecule has 5 heteroatoms. The molecule has 24 heavy (non-hydrogen) atoms. The van der Waals surface area contributed by atoms with Gasteiger partial charge in [-0.15, -0.1) is 0 Å². The lowest BCUT2D eigenvalue weighted by molar-refractivity contribution is -0.140. The monoisotopic (exact) mass is 328 g/mol. The van der Waals surface area contributed by atoms with E-state index in [0.717, 1.165) is 6.08 Å². The molecule has 0 unspecified atom stereocenters. The number of carbonyl (C=O) groups excluding carboxylic acids is 2. The Bertz CT molecular complexity index is 750. The summed E-state index contributed by atoms with van der Waals surface area (Å²) in [4.78, 5) is 24.0. The number of ether oxygens (including phenoxy) is 2. The van der Waals surface area contributed by atoms with Crippen molar-refractivity contribution in [1.82, 2.24) is 0 Å². The third-order valence-electron chi connectivity index (χ3n) is 3.30. The van der Waals surface area contributed by atoms with Crippen LogP contribution in [0.5, 0.6) is 5.75 Å². The molecule has 0 aromatic heterocycles. The predicted molar refractivity (Wildman–Crippen MR) is 88.3 cm³/mol. The molecule has 0 aliphatic rings. The first-order valence-electron chi connectivity index (χ1n) is 7.32. The Morgan fingerprint density at radius 1 is 1.12 bits per heavy atom. The molecular weight excluding hydrogens is 311 g/mol. The molecule has 0 bridgehead atoms. The highest BCUT2D eigenvalue weighted by Gasteiger charge is 2.18. The average molecular weight is 328 g/mol. The van der Waals surface area contributed by atoms with Gasteiger partial charge in [0.2, 0.25) is 5.78 Å². The normalized spacial score (nSPS) is 12.0. The number of benzene rings is 2. The summed E-state index contributed by atoms with van der Waals surface area (Å²) in [5.74, 6) is -0.749. The second-order valence-electron chi connectivity index (χ2n) is 5.06. The zero-order chi connectivity index (χ0) is 17.5. The number of rotatable bonds is 6. The summed E-state index contributed by atoms with van der Waals surface area (Å²) in [5.41, 5.74) is 0.950. The summed E-state index contributed by atoms with van der Waals surface area (Å²) in [6.45, 7) is 1.50. The Kier molecular flexibility index (Phi) is 5.84. The van der Waals surface area contributed by atoms with Gasteiger partial charge in [0.05, 0.1) is 7.11 Å². The summed E-state index contributed by atoms with van der Waals surface area (Å²) >= 11 is 0. The van der Waals surface area contributed by atoms with E-state index in [2.05, 4.69) is 0 Å². The van der Waals surface area contributed by atoms with Crippen LogP contribution >= 0.6 is 0 Å². The maximum absolute atomic E-state index is 13.0. The number of Topliss-reactive ketones (excluding diaryl/α,β-unsaturated/α-hetero) is 1. The topological polar surface area (TPSA) is 52.6 Å². The Morgan fingerprint density at radius 2 is 1.83 bits per heavy atom. The molecule has 0 saturated carbocycles. The van der Waals surface area contributed by atoms with Crippen LogP contribution in [0.2, 0.25) is 0 Å². The molecule has 0 aliphatic heterocycles. The SMILES string of the molecule is COc1ccc(C(=O)[C@H](C)OC(=O)/C=C/c2cccc(F)c2)cc1. The van der Waals surface area contributed by atoms with Crippen LogP contribution in [0.3, 0.4) is 0 Å². The van der Waals surface area contributed by atoms with Gasteiger partial charge in [0.25, 0.3) is 0 Å². The fraction of sp³-hybridized carbons (Fsp3) is 0.158. The first-order chi connectivity index (χ1) is 11.5. The van der Waals surface area contributed by atoms with E-state index in [1.54, 1.807) is 30.3 Å². The number of ketones is 1. The van der Waals surface area contributed by atoms with Crippen LogP contribution in [-0.2, 0) is 9.53 Å². The van der Waals surface area contributed by atoms with Gasteiger partial charge in [-0.2, -0.15) is 0 Å². The largest absolute Gasteiger partial charge is 0.497 e. The van der Waals surface area contributed by atoms with E-state index in [1.807, 2.05) is 0 Å². The van der Waals surface area contributed by atoms with E-state index in [-0.39, 0.29) is 5.78 Å². The zero-order valence-corrected chi connectivity index (χ0v) is 13.4. The van der Waals surface area contributed by atoms with Crippen molar-refractivity contribution >= 4 is 17.8 Å². The Labute approximate surface area is 139 Å². The highest BCUT2D eigenvalue weighted by Crippen LogP contribution is 2.14. The molecule has 1 atom stereocenters. The van der Waals surface area contributed by atoms with Crippen molar-refractivity contribution in [3.8, 4) is 5.75 Å². The van der Waals surface area contributed by atoms with Gasteiger partial charge < -0.3 is 9.47 Å². The van der Waals surface area contributed by atoms with Crippen LogP contribution in [-0.4, -0.2) is 25.0 Å². The smallest absolute Gasteiger partial charge is 0.331 e. The molecule has 2 rings (SSSR count). The van der Waals surface area contributed by atoms with Gasteiger partial charge in [-0.1, -0.05) is 12.1 Å². The van der Waals surface area contributed by atoms with Crippen molar-refractivity contribution in [2.24, 2.45) is 0 Å². The van der Waals surface area contributed by atoms with E-state index >= 15 is 0 Å². The number of hydrogen-bond donors (Lipinski definition) is 0. The second-order valence-corrected chi connectivity index (χ2v) is 5.06. The molecule has 4 nitrogen and oxygen atoms in total. The Hall–Kier alpha value is -2.95. The molecule has 0 amide bonds. The van der Waals surface area contributed by atoms with E-state index in [1.165, 1.54) is 38.3 Å². The molecule has 2 aromatic carbocycles. The van der Waals surface area contributed by atoms with E-state index in [9.17, 15) is 14.0 Å². The number of methoxy groups -OCH3 is 1. The van der Waals surface area contributed by atoms with Crippen molar-refractivity contribution in [3.05, 3.63) is 71.6 Å². The minimum Gasteiger partial charge on any atom is -0.497 e. The molecule has 124 valence electrons. The third kappa shape index (κ3) is 4.78. The van der Waals surface area contributed by atoms with Crippen LogP contribution < -0.4 is 4.74 Å². The first kappa shape index (κ1) is 17.4. The maximum Gasteiger partial charge on any atom is 0.331 e. The molecule has 0 heterocycles. The highest BCUT2D eigenvalue weighted by molar-refractivity contribution is 6.01. The minimum absolute atomic E-state index is 0.315. The lowest BCUT2D eigenvalue weighted by Gasteiger charge is -2.11. The third-order valence-corrected chi connectivity index (χ3v) is 3.30. The van der Waals surface area contributed by atoms with Gasteiger partial charge in [0, 0.05) is 11.6 Å². The number of hydrogen-bond acceptors (Lipinski definition) is 4. The van der Waals surface area contributed by atoms with E-state index in [4.69, 9.17) is 9.47 Å². The van der Waals surface area contributed by atoms with Gasteiger partial charge in [-0.05, 0) is 55.0 Å². The van der Waals surface area contributed by atoms with Crippen molar-refractivity contribution in [1.29, 1.82) is 0 Å². The minimum atomic E-state index is -0.928. The van der Waals surface area contributed by atoms with Gasteiger partial charge in [-0.3, -0.25) is 4.79 Å². The number of carbonyl (C=O) groups is 2. The second kappa shape index (κ2) is 8.06. The quantitative estimate of drug-likeness (QED) is 0.461. The molecule has 0 aliphatic carbocycles. The van der Waals surface area contributed by atoms with Crippen molar-refractivity contribution < 1.29 is 23.5 Å². The van der Waals surface area contributed by atoms with Crippen LogP contribution in [0.25, 0.3) is 6.08 Å². The van der Waals surface area contributed by atoms with Gasteiger partial charge in [0.1, 0.15) is 11.6 Å². The summed E-state index contributed by atoms with van der Waals surface area (Å²) in [7, 11) is 1.53. The fourth-order valence-corrected chi connectivity index (χ4v) is 2.03. The van der Waals surface area contributed by atoms with Gasteiger partial charge >= 0.3 is 5.97 Å². The molecule has 0 fully saturated rings. The Balaban J connectivity index is 1.96. The zero-order valence-electron chi connectivity index (χ0n) is 13.4. The standard InChI is InChI=1S/C19H17FO4/c1-13(19(22)15-7-9-17(23-2)10-8-15)24-18(21)11-6-14-4-3-5-16(20)12-14/h3-13H,1-2H3/b11-6+/t13-/m0/s1. The molecular formula is C19H17FO4. The number of esters is 1. The molecule has 0 spiro atoms. The lowest BCUT2D eigenvalue weighted by Crippen LogP contribution is -2.23.